The molecule has 0 aromatic carbocycles. The fraction of sp³-hybridized carbons (Fsp3) is 0.500. The molecule has 6 nitrogen and oxygen atoms in total. The van der Waals surface area contributed by atoms with Gasteiger partial charge in [0.1, 0.15) is 0 Å². The standard InChI is InChI=1S/C18H26N4O2/c1-12-8-13(2)22(21-12)16-7-6-14(10-19-16)17(24)20-11-15(23)9-18(3,4)5/h6-8,10,15,23H,9,11H2,1-5H3,(H,20,24). The summed E-state index contributed by atoms with van der Waals surface area (Å²) in [4.78, 5) is 16.5. The number of aliphatic hydroxyl groups excluding tert-OH is 1. The van der Waals surface area contributed by atoms with Gasteiger partial charge in [0, 0.05) is 18.4 Å². The van der Waals surface area contributed by atoms with Gasteiger partial charge in [-0.2, -0.15) is 5.10 Å². The van der Waals surface area contributed by atoms with Crippen LogP contribution in [0, 0.1) is 19.3 Å². The van der Waals surface area contributed by atoms with E-state index in [1.165, 1.54) is 6.20 Å². The SMILES string of the molecule is Cc1cc(C)n(-c2ccc(C(=O)NCC(O)CC(C)(C)C)cn2)n1. The molecule has 24 heavy (non-hydrogen) atoms. The fourth-order valence-corrected chi connectivity index (χ4v) is 2.60. The maximum atomic E-state index is 12.1. The lowest BCUT2D eigenvalue weighted by molar-refractivity contribution is 0.0868. The Morgan fingerprint density at radius 3 is 2.54 bits per heavy atom. The van der Waals surface area contributed by atoms with Gasteiger partial charge in [0.2, 0.25) is 0 Å². The number of carbonyl (C=O) groups is 1. The number of pyridine rings is 1. The normalized spacial score (nSPS) is 12.9. The van der Waals surface area contributed by atoms with Crippen LogP contribution in [0.1, 0.15) is 48.9 Å². The van der Waals surface area contributed by atoms with Gasteiger partial charge in [-0.05, 0) is 43.9 Å². The monoisotopic (exact) mass is 330 g/mol. The van der Waals surface area contributed by atoms with Crippen LogP contribution in [0.4, 0.5) is 0 Å². The molecule has 130 valence electrons. The van der Waals surface area contributed by atoms with Gasteiger partial charge in [0.05, 0.1) is 17.4 Å². The molecule has 6 heteroatoms. The molecule has 1 atom stereocenters. The molecule has 2 aromatic rings. The van der Waals surface area contributed by atoms with E-state index in [0.29, 0.717) is 17.8 Å². The van der Waals surface area contributed by atoms with E-state index in [-0.39, 0.29) is 17.9 Å². The zero-order valence-electron chi connectivity index (χ0n) is 15.0. The van der Waals surface area contributed by atoms with Gasteiger partial charge >= 0.3 is 0 Å². The largest absolute Gasteiger partial charge is 0.391 e. The summed E-state index contributed by atoms with van der Waals surface area (Å²) in [7, 11) is 0. The van der Waals surface area contributed by atoms with Crippen LogP contribution < -0.4 is 5.32 Å². The molecule has 2 aromatic heterocycles. The minimum atomic E-state index is -0.559. The Kier molecular flexibility index (Phi) is 5.39. The van der Waals surface area contributed by atoms with Crippen LogP contribution in [0.5, 0.6) is 0 Å². The number of aryl methyl sites for hydroxylation is 2. The Morgan fingerprint density at radius 2 is 2.04 bits per heavy atom. The van der Waals surface area contributed by atoms with Crippen LogP contribution in [-0.4, -0.2) is 38.4 Å². The van der Waals surface area contributed by atoms with E-state index >= 15 is 0 Å². The van der Waals surface area contributed by atoms with E-state index in [0.717, 1.165) is 11.4 Å². The highest BCUT2D eigenvalue weighted by Crippen LogP contribution is 2.20. The van der Waals surface area contributed by atoms with Gasteiger partial charge < -0.3 is 10.4 Å². The predicted octanol–water partition coefficient (Wildman–Crippen LogP) is 2.41. The molecule has 1 unspecified atom stereocenters. The molecule has 0 fully saturated rings. The highest BCUT2D eigenvalue weighted by atomic mass is 16.3. The molecule has 0 radical (unpaired) electrons. The molecule has 1 amide bonds. The lowest BCUT2D eigenvalue weighted by Crippen LogP contribution is -2.34. The van der Waals surface area contributed by atoms with E-state index < -0.39 is 6.10 Å². The third-order valence-electron chi connectivity index (χ3n) is 3.58. The number of nitrogens with one attached hydrogen (secondary N) is 1. The Labute approximate surface area is 142 Å². The molecule has 0 aliphatic heterocycles. The Hall–Kier alpha value is -2.21. The molecular formula is C18H26N4O2. The number of carbonyl (C=O) groups excluding carboxylic acids is 1. The van der Waals surface area contributed by atoms with Gasteiger partial charge in [0.25, 0.3) is 5.91 Å². The topological polar surface area (TPSA) is 80.0 Å². The van der Waals surface area contributed by atoms with Gasteiger partial charge in [-0.15, -0.1) is 0 Å². The van der Waals surface area contributed by atoms with Gasteiger partial charge in [-0.1, -0.05) is 20.8 Å². The number of nitrogens with zero attached hydrogens (tertiary/aromatic N) is 3. The van der Waals surface area contributed by atoms with Crippen molar-refractivity contribution in [3.05, 3.63) is 41.3 Å². The van der Waals surface area contributed by atoms with Crippen molar-refractivity contribution in [3.8, 4) is 5.82 Å². The number of aromatic nitrogens is 3. The number of rotatable bonds is 5. The van der Waals surface area contributed by atoms with E-state index in [2.05, 4.69) is 36.2 Å². The molecule has 0 bridgehead atoms. The second-order valence-corrected chi connectivity index (χ2v) is 7.37. The minimum Gasteiger partial charge on any atom is -0.391 e. The van der Waals surface area contributed by atoms with Crippen LogP contribution in [0.25, 0.3) is 5.82 Å². The second kappa shape index (κ2) is 7.13. The van der Waals surface area contributed by atoms with E-state index in [9.17, 15) is 9.90 Å². The van der Waals surface area contributed by atoms with E-state index in [4.69, 9.17) is 0 Å². The molecule has 2 rings (SSSR count). The lowest BCUT2D eigenvalue weighted by atomic mass is 9.89. The molecule has 2 heterocycles. The molecule has 0 saturated heterocycles. The molecule has 2 N–H and O–H groups in total. The molecular weight excluding hydrogens is 304 g/mol. The predicted molar refractivity (Wildman–Crippen MR) is 93.2 cm³/mol. The third-order valence-corrected chi connectivity index (χ3v) is 3.58. The quantitative estimate of drug-likeness (QED) is 0.882. The van der Waals surface area contributed by atoms with Crippen LogP contribution in [0.15, 0.2) is 24.4 Å². The maximum Gasteiger partial charge on any atom is 0.252 e. The maximum absolute atomic E-state index is 12.1. The number of hydrogen-bond donors (Lipinski definition) is 2. The first kappa shape index (κ1) is 18.1. The van der Waals surface area contributed by atoms with Crippen molar-refractivity contribution in [1.29, 1.82) is 0 Å². The Morgan fingerprint density at radius 1 is 1.33 bits per heavy atom. The first-order chi connectivity index (χ1) is 11.2. The highest BCUT2D eigenvalue weighted by molar-refractivity contribution is 5.93. The van der Waals surface area contributed by atoms with Crippen molar-refractivity contribution in [1.82, 2.24) is 20.1 Å². The van der Waals surface area contributed by atoms with E-state index in [1.807, 2.05) is 19.9 Å². The summed E-state index contributed by atoms with van der Waals surface area (Å²) in [6.45, 7) is 10.3. The van der Waals surface area contributed by atoms with Crippen molar-refractivity contribution in [2.45, 2.75) is 47.1 Å². The Balaban J connectivity index is 1.98. The van der Waals surface area contributed by atoms with Gasteiger partial charge in [0.15, 0.2) is 5.82 Å². The molecule has 0 aliphatic rings. The molecule has 0 spiro atoms. The average molecular weight is 330 g/mol. The summed E-state index contributed by atoms with van der Waals surface area (Å²) in [5.74, 6) is 0.431. The van der Waals surface area contributed by atoms with Crippen molar-refractivity contribution in [2.75, 3.05) is 6.54 Å². The summed E-state index contributed by atoms with van der Waals surface area (Å²) in [6.07, 6.45) is 1.59. The summed E-state index contributed by atoms with van der Waals surface area (Å²) < 4.78 is 1.74. The first-order valence-electron chi connectivity index (χ1n) is 8.12. The van der Waals surface area contributed by atoms with Crippen molar-refractivity contribution in [2.24, 2.45) is 5.41 Å². The van der Waals surface area contributed by atoms with Crippen molar-refractivity contribution < 1.29 is 9.90 Å². The third kappa shape index (κ3) is 4.89. The van der Waals surface area contributed by atoms with Crippen LogP contribution in [0.2, 0.25) is 0 Å². The van der Waals surface area contributed by atoms with Gasteiger partial charge in [-0.3, -0.25) is 4.79 Å². The number of hydrogen-bond acceptors (Lipinski definition) is 4. The number of aliphatic hydroxyl groups is 1. The Bertz CT molecular complexity index is 699. The fourth-order valence-electron chi connectivity index (χ4n) is 2.60. The average Bonchev–Trinajstić information content (AvgIpc) is 2.82. The summed E-state index contributed by atoms with van der Waals surface area (Å²) in [6, 6.07) is 5.45. The zero-order valence-corrected chi connectivity index (χ0v) is 15.0. The van der Waals surface area contributed by atoms with Crippen molar-refractivity contribution in [3.63, 3.8) is 0 Å². The minimum absolute atomic E-state index is 0.0209. The summed E-state index contributed by atoms with van der Waals surface area (Å²) in [5.41, 5.74) is 2.39. The van der Waals surface area contributed by atoms with Crippen molar-refractivity contribution >= 4 is 5.91 Å². The van der Waals surface area contributed by atoms with Crippen LogP contribution >= 0.6 is 0 Å². The second-order valence-electron chi connectivity index (χ2n) is 7.37. The molecule has 0 aliphatic carbocycles. The van der Waals surface area contributed by atoms with Crippen LogP contribution in [0.3, 0.4) is 0 Å². The van der Waals surface area contributed by atoms with Crippen LogP contribution in [-0.2, 0) is 0 Å². The highest BCUT2D eigenvalue weighted by Gasteiger charge is 2.17. The first-order valence-corrected chi connectivity index (χ1v) is 8.12. The zero-order chi connectivity index (χ0) is 17.9. The number of amides is 1. The van der Waals surface area contributed by atoms with E-state index in [1.54, 1.807) is 16.8 Å². The molecule has 0 saturated carbocycles. The summed E-state index contributed by atoms with van der Waals surface area (Å²) >= 11 is 0. The summed E-state index contributed by atoms with van der Waals surface area (Å²) in [5, 5.41) is 17.1. The van der Waals surface area contributed by atoms with Gasteiger partial charge in [-0.25, -0.2) is 9.67 Å². The lowest BCUT2D eigenvalue weighted by Gasteiger charge is -2.22. The smallest absolute Gasteiger partial charge is 0.252 e.